The van der Waals surface area contributed by atoms with Crippen molar-refractivity contribution < 1.29 is 9.26 Å². The van der Waals surface area contributed by atoms with Gasteiger partial charge >= 0.3 is 0 Å². The number of benzene rings is 2. The van der Waals surface area contributed by atoms with Gasteiger partial charge < -0.3 is 19.9 Å². The van der Waals surface area contributed by atoms with Crippen molar-refractivity contribution in [2.45, 2.75) is 19.9 Å². The van der Waals surface area contributed by atoms with Gasteiger partial charge in [-0.25, -0.2) is 0 Å². The fourth-order valence-corrected chi connectivity index (χ4v) is 3.06. The fourth-order valence-electron chi connectivity index (χ4n) is 2.87. The Labute approximate surface area is 198 Å². The predicted octanol–water partition coefficient (Wildman–Crippen LogP) is 4.23. The van der Waals surface area contributed by atoms with E-state index in [0.717, 1.165) is 23.3 Å². The number of aryl methyl sites for hydroxylation is 1. The fraction of sp³-hybridized carbons (Fsp3) is 0.286. The molecule has 3 aromatic rings. The number of methoxy groups -OCH3 is 1. The van der Waals surface area contributed by atoms with E-state index in [1.54, 1.807) is 26.3 Å². The van der Waals surface area contributed by atoms with Crippen molar-refractivity contribution in [2.24, 2.45) is 4.99 Å². The van der Waals surface area contributed by atoms with Crippen LogP contribution in [0, 0.1) is 6.92 Å². The van der Waals surface area contributed by atoms with Crippen molar-refractivity contribution in [1.29, 1.82) is 0 Å². The monoisotopic (exact) mass is 541 g/mol. The molecule has 7 nitrogen and oxygen atoms in total. The second-order valence-corrected chi connectivity index (χ2v) is 6.88. The third kappa shape index (κ3) is 6.60. The molecule has 2 N–H and O–H groups in total. The number of nitrogens with one attached hydrogen (secondary N) is 2. The van der Waals surface area contributed by atoms with Gasteiger partial charge in [0.2, 0.25) is 11.7 Å². The van der Waals surface area contributed by atoms with Crippen molar-refractivity contribution in [3.8, 4) is 17.1 Å². The highest BCUT2D eigenvalue weighted by atomic mass is 127. The first-order valence-corrected chi connectivity index (χ1v) is 9.63. The summed E-state index contributed by atoms with van der Waals surface area (Å²) in [6.07, 6.45) is 0.811. The molecule has 160 valence electrons. The Bertz CT molecular complexity index is 993. The number of aliphatic imine (C=N–C) groups is 1. The Hall–Kier alpha value is -2.33. The average molecular weight is 542 g/mol. The molecule has 0 bridgehead atoms. The van der Waals surface area contributed by atoms with E-state index in [-0.39, 0.29) is 24.0 Å². The van der Waals surface area contributed by atoms with Crippen molar-refractivity contribution in [2.75, 3.05) is 20.7 Å². The molecule has 0 saturated heterocycles. The smallest absolute Gasteiger partial charge is 0.246 e. The number of aromatic nitrogens is 2. The minimum absolute atomic E-state index is 0. The van der Waals surface area contributed by atoms with Crippen LogP contribution in [-0.4, -0.2) is 36.8 Å². The lowest BCUT2D eigenvalue weighted by atomic mass is 10.1. The second kappa shape index (κ2) is 11.8. The molecule has 0 fully saturated rings. The number of ether oxygens (including phenoxy) is 1. The normalized spacial score (nSPS) is 11.0. The molecular weight excluding hydrogens is 517 g/mol. The van der Waals surface area contributed by atoms with E-state index in [1.807, 2.05) is 24.3 Å². The number of halogens is 2. The molecule has 9 heteroatoms. The van der Waals surface area contributed by atoms with E-state index in [4.69, 9.17) is 20.9 Å². The summed E-state index contributed by atoms with van der Waals surface area (Å²) in [5.41, 5.74) is 3.16. The molecule has 0 aliphatic rings. The summed E-state index contributed by atoms with van der Waals surface area (Å²) in [6, 6.07) is 13.5. The number of hydrogen-bond donors (Lipinski definition) is 2. The summed E-state index contributed by atoms with van der Waals surface area (Å²) in [7, 11) is 3.40. The third-order valence-corrected chi connectivity index (χ3v) is 4.54. The van der Waals surface area contributed by atoms with Crippen LogP contribution in [0.2, 0.25) is 5.02 Å². The molecule has 3 rings (SSSR count). The topological polar surface area (TPSA) is 84.6 Å². The van der Waals surface area contributed by atoms with E-state index in [0.29, 0.717) is 35.8 Å². The minimum atomic E-state index is 0. The zero-order chi connectivity index (χ0) is 20.6. The number of rotatable bonds is 7. The van der Waals surface area contributed by atoms with Gasteiger partial charge in [0.1, 0.15) is 5.75 Å². The molecule has 1 aromatic heterocycles. The molecule has 0 unspecified atom stereocenters. The van der Waals surface area contributed by atoms with Gasteiger partial charge in [-0.05, 0) is 37.1 Å². The summed E-state index contributed by atoms with van der Waals surface area (Å²) in [5, 5.41) is 11.1. The second-order valence-electron chi connectivity index (χ2n) is 6.44. The van der Waals surface area contributed by atoms with Crippen LogP contribution in [0.4, 0.5) is 0 Å². The maximum Gasteiger partial charge on any atom is 0.246 e. The van der Waals surface area contributed by atoms with E-state index in [2.05, 4.69) is 38.8 Å². The largest absolute Gasteiger partial charge is 0.496 e. The Morgan fingerprint density at radius 2 is 2.03 bits per heavy atom. The zero-order valence-electron chi connectivity index (χ0n) is 17.1. The third-order valence-electron chi connectivity index (χ3n) is 4.30. The number of hydrogen-bond acceptors (Lipinski definition) is 5. The quantitative estimate of drug-likeness (QED) is 0.265. The lowest BCUT2D eigenvalue weighted by Crippen LogP contribution is -2.38. The summed E-state index contributed by atoms with van der Waals surface area (Å²) >= 11 is 6.01. The van der Waals surface area contributed by atoms with Crippen molar-refractivity contribution in [1.82, 2.24) is 20.8 Å². The first kappa shape index (κ1) is 23.9. The summed E-state index contributed by atoms with van der Waals surface area (Å²) in [4.78, 5) is 8.62. The predicted molar refractivity (Wildman–Crippen MR) is 130 cm³/mol. The van der Waals surface area contributed by atoms with Crippen LogP contribution < -0.4 is 15.4 Å². The van der Waals surface area contributed by atoms with Crippen LogP contribution in [0.5, 0.6) is 5.75 Å². The highest BCUT2D eigenvalue weighted by molar-refractivity contribution is 14.0. The molecule has 2 aromatic carbocycles. The van der Waals surface area contributed by atoms with E-state index >= 15 is 0 Å². The molecular formula is C21H25ClIN5O2. The van der Waals surface area contributed by atoms with Gasteiger partial charge in [-0.15, -0.1) is 24.0 Å². The van der Waals surface area contributed by atoms with E-state index in [1.165, 1.54) is 5.56 Å². The van der Waals surface area contributed by atoms with Gasteiger partial charge in [0, 0.05) is 24.2 Å². The van der Waals surface area contributed by atoms with Crippen molar-refractivity contribution in [3.05, 3.63) is 64.5 Å². The highest BCUT2D eigenvalue weighted by Gasteiger charge is 2.10. The van der Waals surface area contributed by atoms with Gasteiger partial charge in [-0.1, -0.05) is 46.6 Å². The molecule has 0 aliphatic carbocycles. The van der Waals surface area contributed by atoms with E-state index in [9.17, 15) is 0 Å². The lowest BCUT2D eigenvalue weighted by molar-refractivity contribution is 0.375. The molecule has 0 radical (unpaired) electrons. The van der Waals surface area contributed by atoms with Crippen LogP contribution in [0.3, 0.4) is 0 Å². The summed E-state index contributed by atoms with van der Waals surface area (Å²) in [5.74, 6) is 2.50. The standard InChI is InChI=1S/C21H24ClN5O2.HI/c1-14-7-8-18(28-3)15(11-14)9-10-24-21(23-2)25-13-19-26-20(27-29-19)16-5-4-6-17(22)12-16;/h4-8,11-12H,9-10,13H2,1-3H3,(H2,23,24,25);1H. The molecule has 0 atom stereocenters. The Balaban J connectivity index is 0.00000320. The van der Waals surface area contributed by atoms with Gasteiger partial charge in [-0.2, -0.15) is 4.98 Å². The SMILES string of the molecule is CN=C(NCCc1cc(C)ccc1OC)NCc1nc(-c2cccc(Cl)c2)no1.I. The zero-order valence-corrected chi connectivity index (χ0v) is 20.2. The van der Waals surface area contributed by atoms with Gasteiger partial charge in [0.15, 0.2) is 5.96 Å². The minimum Gasteiger partial charge on any atom is -0.496 e. The molecule has 1 heterocycles. The van der Waals surface area contributed by atoms with Crippen LogP contribution in [0.15, 0.2) is 52.0 Å². The van der Waals surface area contributed by atoms with Crippen LogP contribution >= 0.6 is 35.6 Å². The Morgan fingerprint density at radius 1 is 1.20 bits per heavy atom. The maximum atomic E-state index is 6.01. The molecule has 0 aliphatic heterocycles. The average Bonchev–Trinajstić information content (AvgIpc) is 3.20. The first-order chi connectivity index (χ1) is 14.1. The van der Waals surface area contributed by atoms with E-state index < -0.39 is 0 Å². The van der Waals surface area contributed by atoms with Gasteiger partial charge in [0.25, 0.3) is 0 Å². The molecule has 0 amide bonds. The molecule has 0 spiro atoms. The number of guanidine groups is 1. The molecule has 0 saturated carbocycles. The lowest BCUT2D eigenvalue weighted by Gasteiger charge is -2.12. The number of nitrogens with zero attached hydrogens (tertiary/aromatic N) is 3. The van der Waals surface area contributed by atoms with Crippen molar-refractivity contribution >= 4 is 41.5 Å². The summed E-state index contributed by atoms with van der Waals surface area (Å²) < 4.78 is 10.7. The maximum absolute atomic E-state index is 6.01. The van der Waals surface area contributed by atoms with Gasteiger partial charge in [0.05, 0.1) is 13.7 Å². The first-order valence-electron chi connectivity index (χ1n) is 9.25. The summed E-state index contributed by atoms with van der Waals surface area (Å²) in [6.45, 7) is 3.14. The van der Waals surface area contributed by atoms with Crippen LogP contribution in [0.25, 0.3) is 11.4 Å². The van der Waals surface area contributed by atoms with Gasteiger partial charge in [-0.3, -0.25) is 4.99 Å². The van der Waals surface area contributed by atoms with Crippen molar-refractivity contribution in [3.63, 3.8) is 0 Å². The Morgan fingerprint density at radius 3 is 2.77 bits per heavy atom. The highest BCUT2D eigenvalue weighted by Crippen LogP contribution is 2.20. The van der Waals surface area contributed by atoms with Crippen LogP contribution in [0.1, 0.15) is 17.0 Å². The Kier molecular flexibility index (Phi) is 9.38. The molecule has 30 heavy (non-hydrogen) atoms. The van der Waals surface area contributed by atoms with Crippen LogP contribution in [-0.2, 0) is 13.0 Å².